The van der Waals surface area contributed by atoms with Gasteiger partial charge in [-0.3, -0.25) is 0 Å². The van der Waals surface area contributed by atoms with E-state index in [1.165, 1.54) is 0 Å². The van der Waals surface area contributed by atoms with Crippen LogP contribution in [0.1, 0.15) is 0 Å². The van der Waals surface area contributed by atoms with Crippen molar-refractivity contribution >= 4 is 51.3 Å². The molecule has 51 valence electrons. The van der Waals surface area contributed by atoms with Gasteiger partial charge in [0, 0.05) is 0 Å². The molecule has 4 heteroatoms. The summed E-state index contributed by atoms with van der Waals surface area (Å²) in [6, 6.07) is 5.68. The molecule has 1 aromatic carbocycles. The first-order valence-electron chi connectivity index (χ1n) is 2.48. The normalized spacial score (nSPS) is 8.80. The summed E-state index contributed by atoms with van der Waals surface area (Å²) >= 11 is 12.5. The molecule has 0 radical (unpaired) electrons. The van der Waals surface area contributed by atoms with Crippen LogP contribution in [0.15, 0.2) is 18.2 Å². The molecule has 0 aliphatic heterocycles. The van der Waals surface area contributed by atoms with E-state index < -0.39 is 0 Å². The molecule has 0 unspecified atom stereocenters. The van der Waals surface area contributed by atoms with Gasteiger partial charge in [-0.05, 0) is 0 Å². The summed E-state index contributed by atoms with van der Waals surface area (Å²) in [4.78, 5) is 0. The second-order valence-corrected chi connectivity index (χ2v) is 4.10. The van der Waals surface area contributed by atoms with E-state index in [1.54, 1.807) is 6.07 Å². The van der Waals surface area contributed by atoms with Crippen LogP contribution in [-0.4, -0.2) is 0 Å². The van der Waals surface area contributed by atoms with E-state index in [0.29, 0.717) is 10.0 Å². The van der Waals surface area contributed by atoms with E-state index in [4.69, 9.17) is 23.2 Å². The summed E-state index contributed by atoms with van der Waals surface area (Å²) in [6.07, 6.45) is 0. The van der Waals surface area contributed by atoms with Crippen LogP contribution in [0.2, 0.25) is 10.0 Å². The van der Waals surface area contributed by atoms with Crippen molar-refractivity contribution < 1.29 is 18.3 Å². The summed E-state index contributed by atoms with van der Waals surface area (Å²) in [5.41, 5.74) is 0. The van der Waals surface area contributed by atoms with E-state index in [-0.39, 0.29) is 24.0 Å². The van der Waals surface area contributed by atoms with Crippen molar-refractivity contribution in [2.75, 3.05) is 0 Å². The summed E-state index contributed by atoms with van der Waals surface area (Å²) in [5, 5.41) is 1.36. The molecule has 0 N–H and O–H groups in total. The molecule has 1 rings (SSSR count). The maximum atomic E-state index is 5.78. The van der Waals surface area contributed by atoms with Crippen LogP contribution in [-0.2, 0) is 18.3 Å². The summed E-state index contributed by atoms with van der Waals surface area (Å²) < 4.78 is 1.14. The van der Waals surface area contributed by atoms with Crippen LogP contribution >= 0.6 is 47.2 Å². The molecule has 0 fully saturated rings. The maximum Gasteiger partial charge on any atom is -0.107 e. The van der Waals surface area contributed by atoms with Gasteiger partial charge in [-0.25, -0.2) is 0 Å². The van der Waals surface area contributed by atoms with Crippen molar-refractivity contribution in [1.82, 2.24) is 0 Å². The van der Waals surface area contributed by atoms with Crippen molar-refractivity contribution in [2.24, 2.45) is 0 Å². The Hall–Kier alpha value is 1.15. The second-order valence-electron chi connectivity index (χ2n) is 1.71. The molecule has 0 aliphatic rings. The topological polar surface area (TPSA) is 0 Å². The summed E-state index contributed by atoms with van der Waals surface area (Å²) in [7, 11) is 0. The first-order valence-corrected chi connectivity index (χ1v) is 4.72. The Balaban J connectivity index is 0.000000810. The van der Waals surface area contributed by atoms with E-state index in [1.807, 2.05) is 12.1 Å². The number of hydrogen-bond acceptors (Lipinski definition) is 0. The Labute approximate surface area is 97.0 Å². The molecular formula is C6H4Cl2IZn. The van der Waals surface area contributed by atoms with E-state index in [2.05, 4.69) is 0 Å². The first-order chi connectivity index (χ1) is 4.22. The zero-order chi connectivity index (χ0) is 6.85. The molecule has 0 atom stereocenters. The van der Waals surface area contributed by atoms with Gasteiger partial charge in [-0.2, -0.15) is 0 Å². The van der Waals surface area contributed by atoms with Crippen LogP contribution < -0.4 is 4.16 Å². The first kappa shape index (κ1) is 11.2. The second kappa shape index (κ2) is 4.92. The summed E-state index contributed by atoms with van der Waals surface area (Å²) in [6.45, 7) is 0. The van der Waals surface area contributed by atoms with Crippen molar-refractivity contribution in [3.05, 3.63) is 28.2 Å². The molecule has 0 bridgehead atoms. The maximum absolute atomic E-state index is 5.78. The van der Waals surface area contributed by atoms with Crippen molar-refractivity contribution in [1.29, 1.82) is 0 Å². The standard InChI is InChI=1S/C6H3Cl2.HI.Zn/c7-5-3-1-2-4-6(5)8;;/h1-3H;1H;. The summed E-state index contributed by atoms with van der Waals surface area (Å²) in [5.74, 6) is 0. The van der Waals surface area contributed by atoms with Gasteiger partial charge in [-0.1, -0.05) is 0 Å². The number of benzene rings is 1. The fraction of sp³-hybridized carbons (Fsp3) is 0. The Bertz CT molecular complexity index is 207. The van der Waals surface area contributed by atoms with Gasteiger partial charge in [0.05, 0.1) is 0 Å². The number of rotatable bonds is 0. The van der Waals surface area contributed by atoms with E-state index in [0.717, 1.165) is 22.5 Å². The molecule has 0 saturated carbocycles. The predicted molar refractivity (Wildman–Crippen MR) is 51.5 cm³/mol. The average Bonchev–Trinajstić information content (AvgIpc) is 1.83. The SMILES string of the molecule is Clc1ccc[c]([Zn])c1Cl.I. The zero-order valence-corrected chi connectivity index (χ0v) is 11.9. The van der Waals surface area contributed by atoms with Gasteiger partial charge in [0.25, 0.3) is 0 Å². The van der Waals surface area contributed by atoms with Gasteiger partial charge in [-0.15, -0.1) is 24.0 Å². The minimum atomic E-state index is 0. The van der Waals surface area contributed by atoms with Crippen molar-refractivity contribution in [3.8, 4) is 0 Å². The van der Waals surface area contributed by atoms with Crippen molar-refractivity contribution in [3.63, 3.8) is 0 Å². The van der Waals surface area contributed by atoms with Crippen LogP contribution in [0.4, 0.5) is 0 Å². The van der Waals surface area contributed by atoms with Crippen LogP contribution in [0.5, 0.6) is 0 Å². The third kappa shape index (κ3) is 2.65. The molecular weight excluding hydrogens is 335 g/mol. The third-order valence-electron chi connectivity index (χ3n) is 1.03. The fourth-order valence-corrected chi connectivity index (χ4v) is 1.79. The van der Waals surface area contributed by atoms with Crippen LogP contribution in [0, 0.1) is 0 Å². The zero-order valence-electron chi connectivity index (χ0n) is 5.10. The molecule has 0 amide bonds. The molecule has 10 heavy (non-hydrogen) atoms. The molecule has 0 spiro atoms. The Kier molecular flexibility index (Phi) is 5.48. The largest absolute Gasteiger partial charge is 0.107 e. The van der Waals surface area contributed by atoms with Gasteiger partial charge < -0.3 is 0 Å². The molecule has 0 heterocycles. The van der Waals surface area contributed by atoms with E-state index in [9.17, 15) is 0 Å². The number of hydrogen-bond donors (Lipinski definition) is 0. The van der Waals surface area contributed by atoms with Gasteiger partial charge in [0.2, 0.25) is 0 Å². The van der Waals surface area contributed by atoms with Gasteiger partial charge in [0.15, 0.2) is 0 Å². The monoisotopic (exact) mass is 337 g/mol. The molecule has 0 aromatic heterocycles. The van der Waals surface area contributed by atoms with Crippen molar-refractivity contribution in [2.45, 2.75) is 0 Å². The smallest absolute Gasteiger partial charge is 0.107 e. The minimum absolute atomic E-state index is 0. The Morgan fingerprint density at radius 2 is 1.80 bits per heavy atom. The molecule has 0 saturated heterocycles. The molecule has 0 nitrogen and oxygen atoms in total. The predicted octanol–water partition coefficient (Wildman–Crippen LogP) is 2.78. The van der Waals surface area contributed by atoms with Crippen LogP contribution in [0.3, 0.4) is 0 Å². The van der Waals surface area contributed by atoms with Gasteiger partial charge >= 0.3 is 73.9 Å². The Morgan fingerprint density at radius 1 is 1.20 bits per heavy atom. The van der Waals surface area contributed by atoms with Crippen LogP contribution in [0.25, 0.3) is 0 Å². The molecule has 1 aromatic rings. The third-order valence-corrected chi connectivity index (χ3v) is 3.60. The average molecular weight is 339 g/mol. The fourth-order valence-electron chi connectivity index (χ4n) is 0.548. The number of halogens is 3. The van der Waals surface area contributed by atoms with Gasteiger partial charge in [0.1, 0.15) is 0 Å². The Morgan fingerprint density at radius 3 is 2.20 bits per heavy atom. The van der Waals surface area contributed by atoms with E-state index >= 15 is 0 Å². The molecule has 0 aliphatic carbocycles. The minimum Gasteiger partial charge on any atom is -0.107 e. The quantitative estimate of drug-likeness (QED) is 0.504.